The number of carbonyl (C=O) groups excluding carboxylic acids is 1. The molecule has 33 heavy (non-hydrogen) atoms. The number of amides is 1. The maximum atomic E-state index is 13.2. The molecule has 0 radical (unpaired) electrons. The van der Waals surface area contributed by atoms with Crippen molar-refractivity contribution in [1.29, 1.82) is 0 Å². The van der Waals surface area contributed by atoms with Gasteiger partial charge in [0, 0.05) is 43.3 Å². The van der Waals surface area contributed by atoms with Gasteiger partial charge in [-0.1, -0.05) is 30.7 Å². The van der Waals surface area contributed by atoms with Crippen molar-refractivity contribution in [3.8, 4) is 0 Å². The van der Waals surface area contributed by atoms with Crippen LogP contribution in [0.4, 0.5) is 5.69 Å². The van der Waals surface area contributed by atoms with Gasteiger partial charge in [0.15, 0.2) is 0 Å². The summed E-state index contributed by atoms with van der Waals surface area (Å²) in [4.78, 5) is 17.0. The second-order valence-corrected chi connectivity index (χ2v) is 10.8. The fourth-order valence-corrected chi connectivity index (χ4v) is 6.11. The molecule has 0 bridgehead atoms. The molecule has 9 heteroatoms. The molecule has 0 aliphatic carbocycles. The number of carbonyl (C=O) groups is 1. The van der Waals surface area contributed by atoms with Crippen molar-refractivity contribution in [1.82, 2.24) is 13.9 Å². The lowest BCUT2D eigenvalue weighted by molar-refractivity contribution is 0.102. The van der Waals surface area contributed by atoms with Gasteiger partial charge in [-0.3, -0.25) is 4.79 Å². The molecule has 4 rings (SSSR count). The first-order chi connectivity index (χ1) is 15.7. The van der Waals surface area contributed by atoms with Crippen molar-refractivity contribution >= 4 is 33.2 Å². The predicted octanol–water partition coefficient (Wildman–Crippen LogP) is 4.57. The highest BCUT2D eigenvalue weighted by molar-refractivity contribution is 7.89. The number of rotatable bonds is 6. The summed E-state index contributed by atoms with van der Waals surface area (Å²) >= 11 is 6.24. The van der Waals surface area contributed by atoms with Gasteiger partial charge in [-0.05, 0) is 61.6 Å². The summed E-state index contributed by atoms with van der Waals surface area (Å²) in [6, 6.07) is 11.9. The third kappa shape index (κ3) is 5.29. The standard InChI is InChI=1S/C24H27ClN4O3S/c1-17-4-3-12-29(15-17)33(31,32)23-14-20(7-10-22(23)25)24(30)27-21-8-5-19(6-9-21)16-28-13-11-26-18(28)2/h5-11,13-14,17H,3-4,12,15-16H2,1-2H3,(H,27,30). The van der Waals surface area contributed by atoms with Gasteiger partial charge in [0.05, 0.1) is 5.02 Å². The van der Waals surface area contributed by atoms with Crippen LogP contribution in [0, 0.1) is 12.8 Å². The van der Waals surface area contributed by atoms with Crippen LogP contribution in [0.5, 0.6) is 0 Å². The van der Waals surface area contributed by atoms with E-state index >= 15 is 0 Å². The minimum absolute atomic E-state index is 0.0306. The Morgan fingerprint density at radius 1 is 1.21 bits per heavy atom. The van der Waals surface area contributed by atoms with Crippen LogP contribution in [0.1, 0.15) is 41.5 Å². The Bertz CT molecular complexity index is 1250. The lowest BCUT2D eigenvalue weighted by Crippen LogP contribution is -2.39. The van der Waals surface area contributed by atoms with E-state index in [1.54, 1.807) is 6.20 Å². The van der Waals surface area contributed by atoms with Crippen molar-refractivity contribution in [3.63, 3.8) is 0 Å². The monoisotopic (exact) mass is 486 g/mol. The summed E-state index contributed by atoms with van der Waals surface area (Å²) in [5.74, 6) is 0.827. The van der Waals surface area contributed by atoms with E-state index in [1.807, 2.05) is 48.9 Å². The zero-order chi connectivity index (χ0) is 23.6. The highest BCUT2D eigenvalue weighted by Gasteiger charge is 2.31. The van der Waals surface area contributed by atoms with Crippen molar-refractivity contribution in [2.75, 3.05) is 18.4 Å². The normalized spacial score (nSPS) is 17.1. The van der Waals surface area contributed by atoms with Crippen LogP contribution in [0.2, 0.25) is 5.02 Å². The second kappa shape index (κ2) is 9.67. The Labute approximate surface area is 199 Å². The number of halogens is 1. The van der Waals surface area contributed by atoms with Crippen LogP contribution in [0.3, 0.4) is 0 Å². The number of imidazole rings is 1. The third-order valence-electron chi connectivity index (χ3n) is 5.92. The minimum atomic E-state index is -3.77. The Morgan fingerprint density at radius 3 is 2.64 bits per heavy atom. The molecule has 1 saturated heterocycles. The average Bonchev–Trinajstić information content (AvgIpc) is 3.19. The van der Waals surface area contributed by atoms with Crippen molar-refractivity contribution < 1.29 is 13.2 Å². The van der Waals surface area contributed by atoms with Crippen LogP contribution in [0.15, 0.2) is 59.8 Å². The van der Waals surface area contributed by atoms with E-state index in [-0.39, 0.29) is 15.5 Å². The van der Waals surface area contributed by atoms with Gasteiger partial charge >= 0.3 is 0 Å². The smallest absolute Gasteiger partial charge is 0.255 e. The maximum Gasteiger partial charge on any atom is 0.255 e. The van der Waals surface area contributed by atoms with Crippen molar-refractivity contribution in [3.05, 3.63) is 76.8 Å². The summed E-state index contributed by atoms with van der Waals surface area (Å²) in [7, 11) is -3.77. The zero-order valence-corrected chi connectivity index (χ0v) is 20.2. The molecule has 1 aliphatic heterocycles. The maximum absolute atomic E-state index is 13.2. The largest absolute Gasteiger partial charge is 0.331 e. The average molecular weight is 487 g/mol. The van der Waals surface area contributed by atoms with Gasteiger partial charge in [0.1, 0.15) is 10.7 Å². The van der Waals surface area contributed by atoms with E-state index in [2.05, 4.69) is 10.3 Å². The van der Waals surface area contributed by atoms with Crippen LogP contribution >= 0.6 is 11.6 Å². The van der Waals surface area contributed by atoms with Crippen LogP contribution in [0.25, 0.3) is 0 Å². The number of hydrogen-bond donors (Lipinski definition) is 1. The molecule has 2 aromatic carbocycles. The minimum Gasteiger partial charge on any atom is -0.331 e. The number of piperidine rings is 1. The molecule has 2 heterocycles. The summed E-state index contributed by atoms with van der Waals surface area (Å²) in [6.07, 6.45) is 5.50. The van der Waals surface area contributed by atoms with Gasteiger partial charge in [0.2, 0.25) is 10.0 Å². The molecule has 1 N–H and O–H groups in total. The highest BCUT2D eigenvalue weighted by atomic mass is 35.5. The van der Waals surface area contributed by atoms with E-state index in [0.717, 1.165) is 24.2 Å². The molecule has 1 atom stereocenters. The Hall–Kier alpha value is -2.68. The number of aryl methyl sites for hydroxylation is 1. The zero-order valence-electron chi connectivity index (χ0n) is 18.7. The summed E-state index contributed by atoms with van der Waals surface area (Å²) in [5, 5.41) is 2.95. The second-order valence-electron chi connectivity index (χ2n) is 8.51. The van der Waals surface area contributed by atoms with Crippen LogP contribution < -0.4 is 5.32 Å². The van der Waals surface area contributed by atoms with E-state index in [4.69, 9.17) is 11.6 Å². The van der Waals surface area contributed by atoms with E-state index < -0.39 is 15.9 Å². The molecular weight excluding hydrogens is 460 g/mol. The quantitative estimate of drug-likeness (QED) is 0.553. The van der Waals surface area contributed by atoms with Gasteiger partial charge < -0.3 is 9.88 Å². The molecule has 3 aromatic rings. The van der Waals surface area contributed by atoms with E-state index in [1.165, 1.54) is 22.5 Å². The molecule has 1 fully saturated rings. The van der Waals surface area contributed by atoms with Crippen LogP contribution in [-0.2, 0) is 16.6 Å². The molecular formula is C24H27ClN4O3S. The topological polar surface area (TPSA) is 84.3 Å². The number of benzene rings is 2. The lowest BCUT2D eigenvalue weighted by atomic mass is 10.0. The Morgan fingerprint density at radius 2 is 1.97 bits per heavy atom. The molecule has 7 nitrogen and oxygen atoms in total. The summed E-state index contributed by atoms with van der Waals surface area (Å²) in [5.41, 5.74) is 1.93. The number of hydrogen-bond acceptors (Lipinski definition) is 4. The van der Waals surface area contributed by atoms with Gasteiger partial charge in [0.25, 0.3) is 5.91 Å². The molecule has 1 aromatic heterocycles. The molecule has 0 saturated carbocycles. The number of anilines is 1. The fraction of sp³-hybridized carbons (Fsp3) is 0.333. The van der Waals surface area contributed by atoms with E-state index in [9.17, 15) is 13.2 Å². The number of nitrogens with one attached hydrogen (secondary N) is 1. The fourth-order valence-electron chi connectivity index (χ4n) is 4.01. The van der Waals surface area contributed by atoms with Gasteiger partial charge in [-0.2, -0.15) is 4.31 Å². The third-order valence-corrected chi connectivity index (χ3v) is 8.27. The number of sulfonamides is 1. The SMILES string of the molecule is Cc1nccn1Cc1ccc(NC(=O)c2ccc(Cl)c(S(=O)(=O)N3CCCC(C)C3)c2)cc1. The van der Waals surface area contributed by atoms with E-state index in [0.29, 0.717) is 31.2 Å². The Balaban J connectivity index is 1.49. The molecule has 1 amide bonds. The summed E-state index contributed by atoms with van der Waals surface area (Å²) in [6.45, 7) is 5.59. The number of aromatic nitrogens is 2. The van der Waals surface area contributed by atoms with Gasteiger partial charge in [-0.15, -0.1) is 0 Å². The first kappa shape index (κ1) is 23.5. The molecule has 0 spiro atoms. The first-order valence-electron chi connectivity index (χ1n) is 10.9. The van der Waals surface area contributed by atoms with Crippen LogP contribution in [-0.4, -0.2) is 41.3 Å². The Kier molecular flexibility index (Phi) is 6.88. The number of nitrogens with zero attached hydrogens (tertiary/aromatic N) is 3. The molecule has 1 aliphatic rings. The highest BCUT2D eigenvalue weighted by Crippen LogP contribution is 2.29. The predicted molar refractivity (Wildman–Crippen MR) is 129 cm³/mol. The lowest BCUT2D eigenvalue weighted by Gasteiger charge is -2.30. The van der Waals surface area contributed by atoms with Crippen molar-refractivity contribution in [2.24, 2.45) is 5.92 Å². The summed E-state index contributed by atoms with van der Waals surface area (Å²) < 4.78 is 29.9. The first-order valence-corrected chi connectivity index (χ1v) is 12.7. The van der Waals surface area contributed by atoms with Crippen molar-refractivity contribution in [2.45, 2.75) is 38.1 Å². The molecule has 1 unspecified atom stereocenters. The van der Waals surface area contributed by atoms with Gasteiger partial charge in [-0.25, -0.2) is 13.4 Å². The molecule has 174 valence electrons.